The van der Waals surface area contributed by atoms with Crippen LogP contribution < -0.4 is 0 Å². The summed E-state index contributed by atoms with van der Waals surface area (Å²) < 4.78 is 21.5. The maximum Gasteiger partial charge on any atom is 0.500 e. The lowest BCUT2D eigenvalue weighted by Gasteiger charge is -2.25. The summed E-state index contributed by atoms with van der Waals surface area (Å²) in [7, 11) is 0.917. The van der Waals surface area contributed by atoms with E-state index in [0.717, 1.165) is 38.1 Å². The van der Waals surface area contributed by atoms with Gasteiger partial charge in [0, 0.05) is 32.9 Å². The van der Waals surface area contributed by atoms with E-state index in [1.54, 1.807) is 14.2 Å². The first kappa shape index (κ1) is 20.3. The quantitative estimate of drug-likeness (QED) is 0.213. The van der Waals surface area contributed by atoms with Gasteiger partial charge in [-0.1, -0.05) is 32.3 Å². The fourth-order valence-electron chi connectivity index (χ4n) is 2.08. The van der Waals surface area contributed by atoms with Crippen LogP contribution >= 0.6 is 0 Å². The highest BCUT2D eigenvalue weighted by Gasteiger charge is 2.37. The number of unbranched alkanes of at least 4 members (excludes halogenated alkanes) is 5. The molecule has 0 amide bonds. The van der Waals surface area contributed by atoms with Gasteiger partial charge in [0.25, 0.3) is 0 Å². The highest BCUT2D eigenvalue weighted by molar-refractivity contribution is 6.60. The second kappa shape index (κ2) is 13.0. The maximum atomic E-state index is 10.8. The van der Waals surface area contributed by atoms with Gasteiger partial charge in [-0.2, -0.15) is 0 Å². The Morgan fingerprint density at radius 3 is 2.14 bits per heavy atom. The Morgan fingerprint density at radius 2 is 1.62 bits per heavy atom. The predicted octanol–water partition coefficient (Wildman–Crippen LogP) is 3.32. The largest absolute Gasteiger partial charge is 0.500 e. The zero-order valence-electron chi connectivity index (χ0n) is 13.7. The lowest BCUT2D eigenvalue weighted by atomic mass is 10.1. The summed E-state index contributed by atoms with van der Waals surface area (Å²) in [5.41, 5.74) is 0. The minimum atomic E-state index is -2.41. The van der Waals surface area contributed by atoms with Crippen LogP contribution in [0, 0.1) is 0 Å². The number of esters is 1. The van der Waals surface area contributed by atoms with Crippen LogP contribution in [-0.2, 0) is 22.8 Å². The van der Waals surface area contributed by atoms with Crippen LogP contribution in [0.15, 0.2) is 12.7 Å². The zero-order valence-corrected chi connectivity index (χ0v) is 14.7. The summed E-state index contributed by atoms with van der Waals surface area (Å²) in [6.45, 7) is 6.42. The van der Waals surface area contributed by atoms with Crippen molar-refractivity contribution < 1.29 is 22.8 Å². The first-order valence-electron chi connectivity index (χ1n) is 7.67. The van der Waals surface area contributed by atoms with Gasteiger partial charge in [-0.05, 0) is 19.8 Å². The Kier molecular flexibility index (Phi) is 12.6. The van der Waals surface area contributed by atoms with Gasteiger partial charge < -0.3 is 18.0 Å². The van der Waals surface area contributed by atoms with Gasteiger partial charge in [-0.3, -0.25) is 0 Å². The van der Waals surface area contributed by atoms with Gasteiger partial charge in [-0.15, -0.1) is 0 Å². The average Bonchev–Trinajstić information content (AvgIpc) is 2.51. The van der Waals surface area contributed by atoms with Crippen LogP contribution in [0.2, 0.25) is 6.04 Å². The Morgan fingerprint density at radius 1 is 1.05 bits per heavy atom. The Labute approximate surface area is 130 Å². The molecule has 6 heteroatoms. The summed E-state index contributed by atoms with van der Waals surface area (Å²) in [6, 6.07) is 0.866. The van der Waals surface area contributed by atoms with Crippen LogP contribution in [0.25, 0.3) is 0 Å². The maximum absolute atomic E-state index is 10.8. The van der Waals surface area contributed by atoms with Crippen molar-refractivity contribution in [1.29, 1.82) is 0 Å². The molecule has 0 aliphatic carbocycles. The third kappa shape index (κ3) is 9.79. The van der Waals surface area contributed by atoms with Gasteiger partial charge >= 0.3 is 14.8 Å². The van der Waals surface area contributed by atoms with E-state index in [1.165, 1.54) is 12.5 Å². The normalized spacial score (nSPS) is 11.4. The van der Waals surface area contributed by atoms with E-state index in [4.69, 9.17) is 18.0 Å². The lowest BCUT2D eigenvalue weighted by molar-refractivity contribution is -0.137. The molecule has 0 aliphatic heterocycles. The third-order valence-electron chi connectivity index (χ3n) is 3.27. The summed E-state index contributed by atoms with van der Waals surface area (Å²) in [5, 5.41) is 0. The monoisotopic (exact) mass is 318 g/mol. The van der Waals surface area contributed by atoms with E-state index in [9.17, 15) is 4.79 Å². The molecule has 0 aromatic heterocycles. The number of carbonyl (C=O) groups excluding carboxylic acids is 1. The first-order valence-corrected chi connectivity index (χ1v) is 9.60. The second-order valence-electron chi connectivity index (χ2n) is 4.77. The molecule has 0 heterocycles. The number of ether oxygens (including phenoxy) is 1. The molecule has 0 atom stereocenters. The standard InChI is InChI=1S/C15H30O5Si/c1-5-15(16)19-13-11-9-7-8-10-12-14-21(17-3,18-4)20-6-2/h5H,1,6-14H2,2-4H3. The van der Waals surface area contributed by atoms with Crippen molar-refractivity contribution in [2.45, 2.75) is 51.5 Å². The smallest absolute Gasteiger partial charge is 0.463 e. The molecule has 0 saturated heterocycles. The fourth-order valence-corrected chi connectivity index (χ4v) is 4.16. The molecule has 0 aliphatic rings. The Bertz CT molecular complexity index is 279. The summed E-state index contributed by atoms with van der Waals surface area (Å²) in [4.78, 5) is 10.8. The van der Waals surface area contributed by atoms with Crippen LogP contribution in [-0.4, -0.2) is 42.2 Å². The molecule has 21 heavy (non-hydrogen) atoms. The summed E-state index contributed by atoms with van der Waals surface area (Å²) in [5.74, 6) is -0.341. The molecule has 0 spiro atoms. The molecule has 0 N–H and O–H groups in total. The molecule has 0 rings (SSSR count). The van der Waals surface area contributed by atoms with Crippen LogP contribution in [0.3, 0.4) is 0 Å². The van der Waals surface area contributed by atoms with E-state index in [-0.39, 0.29) is 5.97 Å². The highest BCUT2D eigenvalue weighted by Crippen LogP contribution is 2.18. The molecule has 0 unspecified atom stereocenters. The predicted molar refractivity (Wildman–Crippen MR) is 85.1 cm³/mol. The molecule has 0 bridgehead atoms. The van der Waals surface area contributed by atoms with Crippen molar-refractivity contribution in [1.82, 2.24) is 0 Å². The lowest BCUT2D eigenvalue weighted by Crippen LogP contribution is -2.43. The minimum absolute atomic E-state index is 0.341. The molecular formula is C15H30O5Si. The van der Waals surface area contributed by atoms with Crippen molar-refractivity contribution in [3.63, 3.8) is 0 Å². The van der Waals surface area contributed by atoms with Crippen LogP contribution in [0.1, 0.15) is 45.4 Å². The van der Waals surface area contributed by atoms with E-state index in [2.05, 4.69) is 6.58 Å². The molecule has 0 radical (unpaired) electrons. The minimum Gasteiger partial charge on any atom is -0.463 e. The van der Waals surface area contributed by atoms with Crippen molar-refractivity contribution in [3.05, 3.63) is 12.7 Å². The SMILES string of the molecule is C=CC(=O)OCCCCCCCC[Si](OC)(OC)OCC. The zero-order chi connectivity index (χ0) is 16.0. The molecule has 124 valence electrons. The number of carbonyl (C=O) groups is 1. The summed E-state index contributed by atoms with van der Waals surface area (Å²) in [6.07, 6.45) is 7.69. The van der Waals surface area contributed by atoms with Gasteiger partial charge in [0.05, 0.1) is 6.61 Å². The van der Waals surface area contributed by atoms with Gasteiger partial charge in [0.1, 0.15) is 0 Å². The van der Waals surface area contributed by atoms with Crippen molar-refractivity contribution in [2.24, 2.45) is 0 Å². The molecule has 0 aromatic rings. The van der Waals surface area contributed by atoms with E-state index >= 15 is 0 Å². The van der Waals surface area contributed by atoms with Crippen molar-refractivity contribution >= 4 is 14.8 Å². The topological polar surface area (TPSA) is 54.0 Å². The van der Waals surface area contributed by atoms with Crippen LogP contribution in [0.5, 0.6) is 0 Å². The van der Waals surface area contributed by atoms with Crippen molar-refractivity contribution in [2.75, 3.05) is 27.4 Å². The molecule has 0 aromatic carbocycles. The number of rotatable bonds is 14. The Hall–Kier alpha value is -0.693. The first-order chi connectivity index (χ1) is 10.1. The Balaban J connectivity index is 3.54. The van der Waals surface area contributed by atoms with Gasteiger partial charge in [0.15, 0.2) is 0 Å². The van der Waals surface area contributed by atoms with Crippen LogP contribution in [0.4, 0.5) is 0 Å². The third-order valence-corrected chi connectivity index (χ3v) is 6.21. The highest BCUT2D eigenvalue weighted by atomic mass is 28.4. The van der Waals surface area contributed by atoms with E-state index in [1.807, 2.05) is 6.92 Å². The second-order valence-corrected chi connectivity index (χ2v) is 7.74. The number of hydrogen-bond donors (Lipinski definition) is 0. The molecular weight excluding hydrogens is 288 g/mol. The van der Waals surface area contributed by atoms with E-state index in [0.29, 0.717) is 13.2 Å². The van der Waals surface area contributed by atoms with E-state index < -0.39 is 8.80 Å². The molecule has 0 fully saturated rings. The van der Waals surface area contributed by atoms with Crippen molar-refractivity contribution in [3.8, 4) is 0 Å². The molecule has 5 nitrogen and oxygen atoms in total. The fraction of sp³-hybridized carbons (Fsp3) is 0.800. The number of hydrogen-bond acceptors (Lipinski definition) is 5. The van der Waals surface area contributed by atoms with Gasteiger partial charge in [-0.25, -0.2) is 4.79 Å². The van der Waals surface area contributed by atoms with Gasteiger partial charge in [0.2, 0.25) is 0 Å². The summed E-state index contributed by atoms with van der Waals surface area (Å²) >= 11 is 0. The average molecular weight is 318 g/mol. The molecule has 0 saturated carbocycles.